The predicted molar refractivity (Wildman–Crippen MR) is 171 cm³/mol. The molecule has 3 N–H and O–H groups in total. The molecule has 9 atom stereocenters. The van der Waals surface area contributed by atoms with Gasteiger partial charge in [-0.05, 0) is 139 Å². The minimum absolute atomic E-state index is 0.178. The summed E-state index contributed by atoms with van der Waals surface area (Å²) in [6, 6.07) is 0.727. The van der Waals surface area contributed by atoms with E-state index in [4.69, 9.17) is 0 Å². The van der Waals surface area contributed by atoms with Crippen LogP contribution in [0.4, 0.5) is 0 Å². The van der Waals surface area contributed by atoms with Gasteiger partial charge in [-0.15, -0.1) is 0 Å². The maximum absolute atomic E-state index is 13.0. The van der Waals surface area contributed by atoms with Crippen molar-refractivity contribution < 1.29 is 9.59 Å². The molecule has 0 aromatic rings. The van der Waals surface area contributed by atoms with Gasteiger partial charge in [0.2, 0.25) is 12.3 Å². The second kappa shape index (κ2) is 15.5. The Bertz CT molecular complexity index is 823. The summed E-state index contributed by atoms with van der Waals surface area (Å²) in [7, 11) is 8.06. The van der Waals surface area contributed by atoms with Gasteiger partial charge in [-0.1, -0.05) is 20.8 Å². The monoisotopic (exact) mass is 576 g/mol. The zero-order valence-corrected chi connectivity index (χ0v) is 27.9. The third-order valence-corrected chi connectivity index (χ3v) is 12.4. The summed E-state index contributed by atoms with van der Waals surface area (Å²) in [6.45, 7) is 14.4. The number of rotatable bonds is 12. The van der Waals surface area contributed by atoms with Crippen molar-refractivity contribution in [1.29, 1.82) is 0 Å². The Morgan fingerprint density at radius 1 is 0.951 bits per heavy atom. The van der Waals surface area contributed by atoms with E-state index in [2.05, 4.69) is 48.5 Å². The molecule has 0 bridgehead atoms. The highest BCUT2D eigenvalue weighted by molar-refractivity contribution is 5.78. The van der Waals surface area contributed by atoms with E-state index in [-0.39, 0.29) is 5.92 Å². The zero-order valence-electron chi connectivity index (χ0n) is 27.9. The molecule has 4 aliphatic carbocycles. The van der Waals surface area contributed by atoms with E-state index in [1.54, 1.807) is 0 Å². The van der Waals surface area contributed by atoms with Gasteiger partial charge >= 0.3 is 0 Å². The molecule has 0 aromatic carbocycles. The summed E-state index contributed by atoms with van der Waals surface area (Å²) in [6.07, 6.45) is 14.2. The fourth-order valence-corrected chi connectivity index (χ4v) is 9.94. The van der Waals surface area contributed by atoms with Gasteiger partial charge in [0, 0.05) is 45.2 Å². The van der Waals surface area contributed by atoms with Crippen molar-refractivity contribution >= 4 is 12.3 Å². The van der Waals surface area contributed by atoms with Gasteiger partial charge in [0.25, 0.3) is 0 Å². The Hall–Kier alpha value is -1.18. The quantitative estimate of drug-likeness (QED) is 0.234. The summed E-state index contributed by atoms with van der Waals surface area (Å²) in [5.74, 6) is 4.70. The Morgan fingerprint density at radius 2 is 1.66 bits per heavy atom. The fourth-order valence-electron chi connectivity index (χ4n) is 9.94. The highest BCUT2D eigenvalue weighted by atomic mass is 16.2. The largest absolute Gasteiger partial charge is 0.359 e. The average molecular weight is 576 g/mol. The van der Waals surface area contributed by atoms with E-state index in [9.17, 15) is 9.59 Å². The Morgan fingerprint density at radius 3 is 2.32 bits per heavy atom. The molecule has 4 aliphatic rings. The molecule has 7 heteroatoms. The molecule has 0 heterocycles. The second-order valence-electron chi connectivity index (χ2n) is 14.8. The van der Waals surface area contributed by atoms with Crippen molar-refractivity contribution in [3.63, 3.8) is 0 Å². The van der Waals surface area contributed by atoms with E-state index in [1.165, 1.54) is 57.8 Å². The van der Waals surface area contributed by atoms with Crippen LogP contribution in [0, 0.1) is 46.3 Å². The van der Waals surface area contributed by atoms with Crippen molar-refractivity contribution in [2.45, 2.75) is 97.9 Å². The molecular formula is C34H65N5O2. The lowest BCUT2D eigenvalue weighted by Crippen LogP contribution is -2.55. The number of hydrogen-bond acceptors (Lipinski definition) is 5. The summed E-state index contributed by atoms with van der Waals surface area (Å²) >= 11 is 0. The topological polar surface area (TPSA) is 76.7 Å². The van der Waals surface area contributed by atoms with Gasteiger partial charge in [0.1, 0.15) is 0 Å². The van der Waals surface area contributed by atoms with Crippen LogP contribution in [0.5, 0.6) is 0 Å². The second-order valence-corrected chi connectivity index (χ2v) is 14.8. The van der Waals surface area contributed by atoms with Crippen LogP contribution >= 0.6 is 0 Å². The van der Waals surface area contributed by atoms with Gasteiger partial charge in [0.05, 0.1) is 0 Å². The Kier molecular flexibility index (Phi) is 13.0. The molecule has 4 rings (SSSR count). The van der Waals surface area contributed by atoms with Crippen LogP contribution in [-0.4, -0.2) is 89.1 Å². The first-order valence-corrected chi connectivity index (χ1v) is 17.0. The summed E-state index contributed by atoms with van der Waals surface area (Å²) in [4.78, 5) is 26.8. The molecule has 0 saturated heterocycles. The maximum atomic E-state index is 13.0. The van der Waals surface area contributed by atoms with Crippen molar-refractivity contribution in [3.8, 4) is 0 Å². The van der Waals surface area contributed by atoms with Gasteiger partial charge < -0.3 is 25.8 Å². The Labute approximate surface area is 252 Å². The Balaban J connectivity index is 0.000000445. The molecule has 0 spiro atoms. The number of hydrogen-bond donors (Lipinski definition) is 3. The molecule has 0 radical (unpaired) electrons. The van der Waals surface area contributed by atoms with Gasteiger partial charge in [0.15, 0.2) is 0 Å². The summed E-state index contributed by atoms with van der Waals surface area (Å²) < 4.78 is 0. The molecule has 7 nitrogen and oxygen atoms in total. The van der Waals surface area contributed by atoms with Gasteiger partial charge in [-0.3, -0.25) is 9.59 Å². The van der Waals surface area contributed by atoms with Crippen LogP contribution < -0.4 is 16.0 Å². The summed E-state index contributed by atoms with van der Waals surface area (Å²) in [5, 5.41) is 9.70. The average Bonchev–Trinajstić information content (AvgIpc) is 3.31. The summed E-state index contributed by atoms with van der Waals surface area (Å²) in [5.41, 5.74) is 0.924. The molecule has 4 fully saturated rings. The molecule has 4 saturated carbocycles. The van der Waals surface area contributed by atoms with Crippen molar-refractivity contribution in [3.05, 3.63) is 0 Å². The van der Waals surface area contributed by atoms with Crippen LogP contribution in [0.25, 0.3) is 0 Å². The van der Waals surface area contributed by atoms with E-state index < -0.39 is 0 Å². The number of amides is 2. The number of nitrogens with zero attached hydrogens (tertiary/aromatic N) is 2. The van der Waals surface area contributed by atoms with E-state index in [1.807, 2.05) is 33.1 Å². The number of fused-ring (bicyclic) bond motifs is 5. The number of carbonyl (C=O) groups excluding carboxylic acids is 2. The normalized spacial score (nSPS) is 36.7. The minimum atomic E-state index is 0.178. The van der Waals surface area contributed by atoms with Gasteiger partial charge in [-0.2, -0.15) is 0 Å². The van der Waals surface area contributed by atoms with Crippen LogP contribution in [-0.2, 0) is 9.59 Å². The van der Waals surface area contributed by atoms with Crippen LogP contribution in [0.1, 0.15) is 91.9 Å². The lowest BCUT2D eigenvalue weighted by molar-refractivity contribution is -0.141. The molecule has 41 heavy (non-hydrogen) atoms. The first-order chi connectivity index (χ1) is 19.5. The number of carbonyl (C=O) groups is 2. The highest BCUT2D eigenvalue weighted by Gasteiger charge is 2.61. The van der Waals surface area contributed by atoms with Crippen molar-refractivity contribution in [2.75, 3.05) is 60.9 Å². The molecule has 0 aromatic heterocycles. The lowest BCUT2D eigenvalue weighted by atomic mass is 9.44. The molecular weight excluding hydrogens is 510 g/mol. The van der Waals surface area contributed by atoms with E-state index >= 15 is 0 Å². The number of likely N-dealkylation sites (N-methyl/N-ethyl adjacent to an activating group) is 1. The van der Waals surface area contributed by atoms with Crippen LogP contribution in [0.2, 0.25) is 0 Å². The third-order valence-electron chi connectivity index (χ3n) is 12.4. The molecule has 238 valence electrons. The zero-order chi connectivity index (χ0) is 30.2. The number of nitrogens with one attached hydrogen (secondary N) is 3. The van der Waals surface area contributed by atoms with Crippen LogP contribution in [0.3, 0.4) is 0 Å². The molecule has 0 aliphatic heterocycles. The fraction of sp³-hybridized carbons (Fsp3) is 0.941. The van der Waals surface area contributed by atoms with Crippen molar-refractivity contribution in [2.24, 2.45) is 46.3 Å². The third kappa shape index (κ3) is 7.86. The maximum Gasteiger partial charge on any atom is 0.225 e. The standard InChI is InChI=1S/C28H51N3O.C6H14N2O/c1-7-31(6)26(32)19(2)23-10-11-24-22-9-8-20-18-21(30-17-16-29-5)12-14-27(20,3)25(22)13-15-28(23,24)4;1-8(2)5-3-4-7-6-9/h19-25,29-30H,7-18H2,1-6H3;6H,3-5H2,1-2H3,(H,7,9). The molecule has 2 amide bonds. The van der Waals surface area contributed by atoms with E-state index in [0.717, 1.165) is 75.3 Å². The first kappa shape index (κ1) is 34.3. The molecule has 9 unspecified atom stereocenters. The predicted octanol–water partition coefficient (Wildman–Crippen LogP) is 4.62. The minimum Gasteiger partial charge on any atom is -0.359 e. The lowest BCUT2D eigenvalue weighted by Gasteiger charge is -2.61. The SMILES string of the molecule is CCN(C)C(=O)C(C)C1CCC2C3CCC4CC(NCCNC)CCC4(C)C3CCC12C.CN(C)CCCNC=O. The van der Waals surface area contributed by atoms with Gasteiger partial charge in [-0.25, -0.2) is 0 Å². The smallest absolute Gasteiger partial charge is 0.225 e. The first-order valence-electron chi connectivity index (χ1n) is 17.0. The highest BCUT2D eigenvalue weighted by Crippen LogP contribution is 2.68. The van der Waals surface area contributed by atoms with Crippen molar-refractivity contribution in [1.82, 2.24) is 25.8 Å². The van der Waals surface area contributed by atoms with Crippen LogP contribution in [0.15, 0.2) is 0 Å². The van der Waals surface area contributed by atoms with E-state index in [0.29, 0.717) is 22.7 Å².